The minimum Gasteiger partial charge on any atom is -0.351 e. The average Bonchev–Trinajstić information content (AvgIpc) is 2.89. The van der Waals surface area contributed by atoms with Crippen LogP contribution in [0.1, 0.15) is 35.1 Å². The molecule has 4 aromatic rings. The molecule has 7 heteroatoms. The normalized spacial score (nSPS) is 15.8. The number of carbonyl (C=O) groups excluding carboxylic acids is 1. The van der Waals surface area contributed by atoms with Gasteiger partial charge in [0.25, 0.3) is 5.56 Å². The first-order valence-electron chi connectivity index (χ1n) is 12.4. The van der Waals surface area contributed by atoms with E-state index in [1.54, 1.807) is 10.8 Å². The van der Waals surface area contributed by atoms with Crippen molar-refractivity contribution in [3.63, 3.8) is 0 Å². The minimum absolute atomic E-state index is 0.0228. The van der Waals surface area contributed by atoms with Gasteiger partial charge in [-0.05, 0) is 74.6 Å². The molecule has 0 saturated carbocycles. The zero-order chi connectivity index (χ0) is 25.2. The second kappa shape index (κ2) is 9.93. The molecule has 0 aliphatic carbocycles. The van der Waals surface area contributed by atoms with E-state index in [1.807, 2.05) is 73.3 Å². The molecule has 1 fully saturated rings. The van der Waals surface area contributed by atoms with Gasteiger partial charge in [0.15, 0.2) is 11.5 Å². The summed E-state index contributed by atoms with van der Waals surface area (Å²) in [6, 6.07) is 17.8. The number of rotatable bonds is 5. The van der Waals surface area contributed by atoms with Crippen molar-refractivity contribution in [3.8, 4) is 0 Å². The molecule has 184 valence electrons. The number of nitrogens with zero attached hydrogens (tertiary/aromatic N) is 4. The van der Waals surface area contributed by atoms with Crippen LogP contribution < -0.4 is 15.8 Å². The summed E-state index contributed by atoms with van der Waals surface area (Å²) in [5, 5.41) is 3.07. The number of hydrogen-bond donors (Lipinski definition) is 1. The van der Waals surface area contributed by atoms with E-state index in [4.69, 9.17) is 4.98 Å². The molecule has 1 unspecified atom stereocenters. The molecule has 0 radical (unpaired) electrons. The first-order chi connectivity index (χ1) is 17.4. The van der Waals surface area contributed by atoms with Gasteiger partial charge in [0.05, 0.1) is 12.5 Å². The summed E-state index contributed by atoms with van der Waals surface area (Å²) in [5.41, 5.74) is 6.37. The molecule has 36 heavy (non-hydrogen) atoms. The van der Waals surface area contributed by atoms with Crippen LogP contribution >= 0.6 is 0 Å². The van der Waals surface area contributed by atoms with E-state index in [2.05, 4.69) is 17.2 Å². The van der Waals surface area contributed by atoms with Gasteiger partial charge < -0.3 is 10.2 Å². The molecular formula is C29H31N5O2. The Balaban J connectivity index is 1.43. The molecule has 2 aromatic heterocycles. The molecule has 3 heterocycles. The lowest BCUT2D eigenvalue weighted by molar-refractivity contribution is -0.120. The van der Waals surface area contributed by atoms with Crippen LogP contribution in [-0.4, -0.2) is 33.5 Å². The largest absolute Gasteiger partial charge is 0.351 e. The van der Waals surface area contributed by atoms with Crippen molar-refractivity contribution >= 4 is 28.6 Å². The molecule has 0 bridgehead atoms. The number of piperidine rings is 1. The fraction of sp³-hybridized carbons (Fsp3) is 0.310. The summed E-state index contributed by atoms with van der Waals surface area (Å²) in [4.78, 5) is 38.0. The van der Waals surface area contributed by atoms with E-state index in [9.17, 15) is 9.59 Å². The number of amides is 1. The van der Waals surface area contributed by atoms with Crippen LogP contribution in [0.5, 0.6) is 0 Å². The predicted octanol–water partition coefficient (Wildman–Crippen LogP) is 4.62. The Morgan fingerprint density at radius 1 is 1.06 bits per heavy atom. The summed E-state index contributed by atoms with van der Waals surface area (Å²) in [6.45, 7) is 7.68. The Morgan fingerprint density at radius 3 is 2.64 bits per heavy atom. The molecule has 1 saturated heterocycles. The number of fused-ring (bicyclic) bond motifs is 1. The lowest BCUT2D eigenvalue weighted by Crippen LogP contribution is -2.44. The SMILES string of the molecule is Cc1ccc(Cn2c(=O)c(N3CCCC(C(=O)Nc4ccc(C)c(C)c4)C3)nc3cccnc32)cc1. The maximum absolute atomic E-state index is 13.7. The van der Waals surface area contributed by atoms with Gasteiger partial charge in [-0.3, -0.25) is 14.2 Å². The number of benzene rings is 2. The molecule has 1 aliphatic heterocycles. The first kappa shape index (κ1) is 23.7. The lowest BCUT2D eigenvalue weighted by Gasteiger charge is -2.32. The van der Waals surface area contributed by atoms with Crippen LogP contribution in [0, 0.1) is 26.7 Å². The number of pyridine rings is 1. The summed E-state index contributed by atoms with van der Waals surface area (Å²) in [6.07, 6.45) is 3.28. The highest BCUT2D eigenvalue weighted by molar-refractivity contribution is 5.93. The van der Waals surface area contributed by atoms with Crippen LogP contribution in [0.4, 0.5) is 11.5 Å². The van der Waals surface area contributed by atoms with Crippen LogP contribution in [0.3, 0.4) is 0 Å². The highest BCUT2D eigenvalue weighted by Gasteiger charge is 2.29. The van der Waals surface area contributed by atoms with E-state index in [-0.39, 0.29) is 17.4 Å². The molecule has 1 atom stereocenters. The Morgan fingerprint density at radius 2 is 1.86 bits per heavy atom. The second-order valence-electron chi connectivity index (χ2n) is 9.73. The van der Waals surface area contributed by atoms with Crippen LogP contribution in [0.25, 0.3) is 11.2 Å². The monoisotopic (exact) mass is 481 g/mol. The van der Waals surface area contributed by atoms with Gasteiger partial charge in [0.2, 0.25) is 5.91 Å². The smallest absolute Gasteiger partial charge is 0.295 e. The standard InChI is InChI=1S/C29H31N5O2/c1-19-8-11-22(12-9-19)17-34-26-25(7-4-14-30-26)32-27(29(34)36)33-15-5-6-23(18-33)28(35)31-24-13-10-20(2)21(3)16-24/h4,7-14,16,23H,5-6,15,17-18H2,1-3H3,(H,31,35). The van der Waals surface area contributed by atoms with Crippen LogP contribution in [0.15, 0.2) is 65.6 Å². The molecular weight excluding hydrogens is 450 g/mol. The third-order valence-electron chi connectivity index (χ3n) is 7.01. The maximum Gasteiger partial charge on any atom is 0.295 e. The van der Waals surface area contributed by atoms with Crippen LogP contribution in [-0.2, 0) is 11.3 Å². The molecule has 2 aromatic carbocycles. The fourth-order valence-electron chi connectivity index (χ4n) is 4.74. The maximum atomic E-state index is 13.7. The van der Waals surface area contributed by atoms with Crippen LogP contribution in [0.2, 0.25) is 0 Å². The van der Waals surface area contributed by atoms with Gasteiger partial charge in [0.1, 0.15) is 5.52 Å². The van der Waals surface area contributed by atoms with Gasteiger partial charge in [-0.2, -0.15) is 0 Å². The minimum atomic E-state index is -0.225. The lowest BCUT2D eigenvalue weighted by atomic mass is 9.97. The molecule has 5 rings (SSSR count). The Labute approximate surface area is 210 Å². The first-order valence-corrected chi connectivity index (χ1v) is 12.4. The topological polar surface area (TPSA) is 80.1 Å². The Hall–Kier alpha value is -4.00. The van der Waals surface area contributed by atoms with Gasteiger partial charge >= 0.3 is 0 Å². The molecule has 1 N–H and O–H groups in total. The summed E-state index contributed by atoms with van der Waals surface area (Å²) < 4.78 is 1.70. The van der Waals surface area contributed by atoms with Crippen molar-refractivity contribution in [2.45, 2.75) is 40.2 Å². The van der Waals surface area contributed by atoms with Gasteiger partial charge in [-0.25, -0.2) is 9.97 Å². The van der Waals surface area contributed by atoms with E-state index in [1.165, 1.54) is 11.1 Å². The number of hydrogen-bond acceptors (Lipinski definition) is 5. The molecule has 1 aliphatic rings. The number of carbonyl (C=O) groups is 1. The zero-order valence-corrected chi connectivity index (χ0v) is 21.0. The molecule has 0 spiro atoms. The Kier molecular flexibility index (Phi) is 6.55. The van der Waals surface area contributed by atoms with Crippen molar-refractivity contribution in [1.82, 2.24) is 14.5 Å². The predicted molar refractivity (Wildman–Crippen MR) is 144 cm³/mol. The van der Waals surface area contributed by atoms with Crippen molar-refractivity contribution in [3.05, 3.63) is 93.4 Å². The van der Waals surface area contributed by atoms with Gasteiger partial charge in [-0.1, -0.05) is 35.9 Å². The highest BCUT2D eigenvalue weighted by atomic mass is 16.2. The van der Waals surface area contributed by atoms with Crippen molar-refractivity contribution in [1.29, 1.82) is 0 Å². The van der Waals surface area contributed by atoms with Crippen molar-refractivity contribution < 1.29 is 4.79 Å². The second-order valence-corrected chi connectivity index (χ2v) is 9.73. The third-order valence-corrected chi connectivity index (χ3v) is 7.01. The Bertz CT molecular complexity index is 1480. The number of aryl methyl sites for hydroxylation is 3. The number of aromatic nitrogens is 3. The van der Waals surface area contributed by atoms with E-state index < -0.39 is 0 Å². The van der Waals surface area contributed by atoms with Gasteiger partial charge in [-0.15, -0.1) is 0 Å². The van der Waals surface area contributed by atoms with E-state index >= 15 is 0 Å². The average molecular weight is 482 g/mol. The fourth-order valence-corrected chi connectivity index (χ4v) is 4.74. The molecule has 7 nitrogen and oxygen atoms in total. The third kappa shape index (κ3) is 4.87. The van der Waals surface area contributed by atoms with E-state index in [0.717, 1.165) is 29.7 Å². The molecule has 1 amide bonds. The number of nitrogens with one attached hydrogen (secondary N) is 1. The summed E-state index contributed by atoms with van der Waals surface area (Å²) in [7, 11) is 0. The summed E-state index contributed by atoms with van der Waals surface area (Å²) >= 11 is 0. The number of anilines is 2. The summed E-state index contributed by atoms with van der Waals surface area (Å²) in [5.74, 6) is 0.133. The van der Waals surface area contributed by atoms with Crippen molar-refractivity contribution in [2.75, 3.05) is 23.3 Å². The quantitative estimate of drug-likeness (QED) is 0.450. The zero-order valence-electron chi connectivity index (χ0n) is 21.0. The van der Waals surface area contributed by atoms with Gasteiger partial charge in [0, 0.05) is 25.0 Å². The van der Waals surface area contributed by atoms with Crippen molar-refractivity contribution in [2.24, 2.45) is 5.92 Å². The highest BCUT2D eigenvalue weighted by Crippen LogP contribution is 2.23. The van der Waals surface area contributed by atoms with E-state index in [0.29, 0.717) is 36.6 Å².